The normalized spacial score (nSPS) is 15.7. The fourth-order valence-corrected chi connectivity index (χ4v) is 3.13. The van der Waals surface area contributed by atoms with E-state index in [1.165, 1.54) is 6.33 Å². The summed E-state index contributed by atoms with van der Waals surface area (Å²) < 4.78 is 8.24. The fourth-order valence-electron chi connectivity index (χ4n) is 2.78. The van der Waals surface area contributed by atoms with Gasteiger partial charge in [0, 0.05) is 23.7 Å². The molecule has 0 bridgehead atoms. The van der Waals surface area contributed by atoms with E-state index in [-0.39, 0.29) is 5.95 Å². The van der Waals surface area contributed by atoms with E-state index < -0.39 is 0 Å². The molecule has 0 amide bonds. The first-order chi connectivity index (χ1) is 11.7. The van der Waals surface area contributed by atoms with E-state index in [1.807, 2.05) is 22.8 Å². The third-order valence-corrected chi connectivity index (χ3v) is 4.44. The number of nitrogens with two attached hydrogens (primary N) is 1. The minimum Gasteiger partial charge on any atom is -0.381 e. The lowest BCUT2D eigenvalue weighted by molar-refractivity contribution is 0.0903. The lowest BCUT2D eigenvalue weighted by Gasteiger charge is -2.23. The fraction of sp³-hybridized carbons (Fsp3) is 0.333. The van der Waals surface area contributed by atoms with Gasteiger partial charge in [-0.1, -0.05) is 15.9 Å². The Balaban J connectivity index is 1.83. The van der Waals surface area contributed by atoms with Gasteiger partial charge in [0.05, 0.1) is 11.0 Å². The summed E-state index contributed by atoms with van der Waals surface area (Å²) in [5.74, 6) is 1.31. The Kier molecular flexibility index (Phi) is 4.03. The summed E-state index contributed by atoms with van der Waals surface area (Å²) in [5, 5.41) is 3.49. The zero-order valence-corrected chi connectivity index (χ0v) is 14.4. The molecule has 1 saturated heterocycles. The van der Waals surface area contributed by atoms with Crippen molar-refractivity contribution in [2.24, 2.45) is 0 Å². The molecule has 0 aliphatic carbocycles. The van der Waals surface area contributed by atoms with Crippen LogP contribution in [-0.4, -0.2) is 43.8 Å². The monoisotopic (exact) mass is 389 g/mol. The standard InChI is InChI=1S/C15H16BrN7O/c16-9-1-2-11-12(7-9)23(14-19-8-18-13(17)22-14)15(21-11)20-10-3-5-24-6-4-10/h1-2,7-8,10H,3-6H2,(H,20,21)(H2,17,18,19,22). The number of anilines is 2. The van der Waals surface area contributed by atoms with Crippen LogP contribution in [0.3, 0.4) is 0 Å². The maximum atomic E-state index is 5.73. The number of ether oxygens (including phenoxy) is 1. The van der Waals surface area contributed by atoms with Crippen molar-refractivity contribution < 1.29 is 4.74 Å². The largest absolute Gasteiger partial charge is 0.381 e. The molecule has 4 rings (SSSR count). The number of hydrogen-bond acceptors (Lipinski definition) is 7. The van der Waals surface area contributed by atoms with Crippen molar-refractivity contribution >= 4 is 38.9 Å². The van der Waals surface area contributed by atoms with Crippen LogP contribution in [-0.2, 0) is 4.74 Å². The highest BCUT2D eigenvalue weighted by molar-refractivity contribution is 9.10. The van der Waals surface area contributed by atoms with Crippen molar-refractivity contribution in [2.75, 3.05) is 24.3 Å². The number of rotatable bonds is 3. The van der Waals surface area contributed by atoms with E-state index in [0.717, 1.165) is 41.6 Å². The number of nitrogen functional groups attached to an aromatic ring is 1. The molecule has 0 radical (unpaired) electrons. The summed E-state index contributed by atoms with van der Waals surface area (Å²) >= 11 is 3.51. The molecule has 3 N–H and O–H groups in total. The maximum Gasteiger partial charge on any atom is 0.241 e. The second kappa shape index (κ2) is 6.33. The highest BCUT2D eigenvalue weighted by atomic mass is 79.9. The van der Waals surface area contributed by atoms with E-state index in [0.29, 0.717) is 17.9 Å². The quantitative estimate of drug-likeness (QED) is 0.706. The Morgan fingerprint density at radius 1 is 1.21 bits per heavy atom. The molecule has 1 aromatic carbocycles. The maximum absolute atomic E-state index is 5.73. The second-order valence-corrected chi connectivity index (χ2v) is 6.49. The van der Waals surface area contributed by atoms with E-state index in [4.69, 9.17) is 15.5 Å². The molecule has 24 heavy (non-hydrogen) atoms. The summed E-state index contributed by atoms with van der Waals surface area (Å²) in [6, 6.07) is 6.20. The van der Waals surface area contributed by atoms with Gasteiger partial charge >= 0.3 is 0 Å². The van der Waals surface area contributed by atoms with Crippen LogP contribution >= 0.6 is 15.9 Å². The Morgan fingerprint density at radius 2 is 2.04 bits per heavy atom. The van der Waals surface area contributed by atoms with E-state index in [9.17, 15) is 0 Å². The lowest BCUT2D eigenvalue weighted by Crippen LogP contribution is -2.29. The highest BCUT2D eigenvalue weighted by Crippen LogP contribution is 2.27. The molecule has 1 aliphatic rings. The Hall–Kier alpha value is -2.26. The van der Waals surface area contributed by atoms with Crippen molar-refractivity contribution in [3.63, 3.8) is 0 Å². The third kappa shape index (κ3) is 2.92. The predicted octanol–water partition coefficient (Wildman–Crippen LogP) is 2.15. The first-order valence-electron chi connectivity index (χ1n) is 7.68. The SMILES string of the molecule is Nc1ncnc(-n2c(NC3CCOCC3)nc3ccc(Br)cc32)n1. The van der Waals surface area contributed by atoms with Crippen molar-refractivity contribution in [3.05, 3.63) is 29.0 Å². The predicted molar refractivity (Wildman–Crippen MR) is 94.0 cm³/mol. The molecule has 0 unspecified atom stereocenters. The van der Waals surface area contributed by atoms with Gasteiger partial charge < -0.3 is 15.8 Å². The molecule has 9 heteroatoms. The molecule has 2 aromatic heterocycles. The molecule has 0 spiro atoms. The molecule has 124 valence electrons. The van der Waals surface area contributed by atoms with Crippen LogP contribution in [0, 0.1) is 0 Å². The molecular formula is C15H16BrN7O. The molecule has 3 heterocycles. The smallest absolute Gasteiger partial charge is 0.241 e. The van der Waals surface area contributed by atoms with Crippen molar-refractivity contribution in [1.29, 1.82) is 0 Å². The number of imidazole rings is 1. The van der Waals surface area contributed by atoms with Crippen LogP contribution in [0.5, 0.6) is 0 Å². The topological polar surface area (TPSA) is 104 Å². The zero-order chi connectivity index (χ0) is 16.5. The number of hydrogen-bond donors (Lipinski definition) is 2. The average molecular weight is 390 g/mol. The van der Waals surface area contributed by atoms with Gasteiger partial charge in [-0.05, 0) is 31.0 Å². The van der Waals surface area contributed by atoms with E-state index in [1.54, 1.807) is 0 Å². The minimum atomic E-state index is 0.175. The molecule has 1 fully saturated rings. The van der Waals surface area contributed by atoms with Crippen LogP contribution in [0.4, 0.5) is 11.9 Å². The number of aromatic nitrogens is 5. The molecule has 0 saturated carbocycles. The Labute approximate surface area is 146 Å². The van der Waals surface area contributed by atoms with Gasteiger partial charge in [-0.15, -0.1) is 0 Å². The molecule has 1 aliphatic heterocycles. The van der Waals surface area contributed by atoms with Crippen molar-refractivity contribution in [2.45, 2.75) is 18.9 Å². The summed E-state index contributed by atoms with van der Waals surface area (Å²) in [6.45, 7) is 1.50. The first-order valence-corrected chi connectivity index (χ1v) is 8.47. The molecule has 0 atom stereocenters. The van der Waals surface area contributed by atoms with Gasteiger partial charge in [0.15, 0.2) is 0 Å². The Bertz CT molecular complexity index is 875. The lowest BCUT2D eigenvalue weighted by atomic mass is 10.1. The van der Waals surface area contributed by atoms with Gasteiger partial charge in [-0.25, -0.2) is 19.5 Å². The van der Waals surface area contributed by atoms with E-state index in [2.05, 4.69) is 36.2 Å². The minimum absolute atomic E-state index is 0.175. The number of nitrogens with one attached hydrogen (secondary N) is 1. The van der Waals surface area contributed by atoms with E-state index >= 15 is 0 Å². The number of benzene rings is 1. The number of halogens is 1. The number of fused-ring (bicyclic) bond motifs is 1. The van der Waals surface area contributed by atoms with Crippen LogP contribution < -0.4 is 11.1 Å². The van der Waals surface area contributed by atoms with Crippen LogP contribution in [0.2, 0.25) is 0 Å². The van der Waals surface area contributed by atoms with Gasteiger partial charge in [-0.3, -0.25) is 0 Å². The molecular weight excluding hydrogens is 374 g/mol. The van der Waals surface area contributed by atoms with Gasteiger partial charge in [0.25, 0.3) is 0 Å². The summed E-state index contributed by atoms with van der Waals surface area (Å²) in [5.41, 5.74) is 7.48. The summed E-state index contributed by atoms with van der Waals surface area (Å²) in [4.78, 5) is 17.1. The molecule has 3 aromatic rings. The second-order valence-electron chi connectivity index (χ2n) is 5.58. The van der Waals surface area contributed by atoms with Crippen LogP contribution in [0.1, 0.15) is 12.8 Å². The summed E-state index contributed by atoms with van der Waals surface area (Å²) in [7, 11) is 0. The van der Waals surface area contributed by atoms with Gasteiger partial charge in [0.2, 0.25) is 17.8 Å². The van der Waals surface area contributed by atoms with Crippen molar-refractivity contribution in [3.8, 4) is 5.95 Å². The first kappa shape index (κ1) is 15.3. The van der Waals surface area contributed by atoms with Gasteiger partial charge in [0.1, 0.15) is 6.33 Å². The average Bonchev–Trinajstić information content (AvgIpc) is 2.92. The number of nitrogens with zero attached hydrogens (tertiary/aromatic N) is 5. The van der Waals surface area contributed by atoms with Crippen LogP contribution in [0.15, 0.2) is 29.0 Å². The highest BCUT2D eigenvalue weighted by Gasteiger charge is 2.20. The van der Waals surface area contributed by atoms with Crippen molar-refractivity contribution in [1.82, 2.24) is 24.5 Å². The Morgan fingerprint density at radius 3 is 2.83 bits per heavy atom. The van der Waals surface area contributed by atoms with Gasteiger partial charge in [-0.2, -0.15) is 4.98 Å². The molecule has 8 nitrogen and oxygen atoms in total. The van der Waals surface area contributed by atoms with Crippen LogP contribution in [0.25, 0.3) is 17.0 Å². The summed E-state index contributed by atoms with van der Waals surface area (Å²) in [6.07, 6.45) is 3.28. The zero-order valence-electron chi connectivity index (χ0n) is 12.8. The third-order valence-electron chi connectivity index (χ3n) is 3.95.